The van der Waals surface area contributed by atoms with E-state index in [9.17, 15) is 29.7 Å². The van der Waals surface area contributed by atoms with Crippen molar-refractivity contribution in [3.05, 3.63) is 81.9 Å². The van der Waals surface area contributed by atoms with Crippen LogP contribution in [0.5, 0.6) is 0 Å². The van der Waals surface area contributed by atoms with E-state index < -0.39 is 29.9 Å². The fourth-order valence-corrected chi connectivity index (χ4v) is 4.21. The van der Waals surface area contributed by atoms with Gasteiger partial charge in [-0.15, -0.1) is 0 Å². The number of rotatable bonds is 8. The number of hydrogen-bond donors (Lipinski definition) is 3. The van der Waals surface area contributed by atoms with Crippen LogP contribution >= 0.6 is 23.2 Å². The monoisotopic (exact) mass is 569 g/mol. The average Bonchev–Trinajstić information content (AvgIpc) is 2.88. The Bertz CT molecular complexity index is 1170. The van der Waals surface area contributed by atoms with Crippen LogP contribution in [0.15, 0.2) is 60.7 Å². The third-order valence-electron chi connectivity index (χ3n) is 5.86. The molecule has 198 valence electrons. The second kappa shape index (κ2) is 16.9. The molecule has 38 heavy (non-hydrogen) atoms. The molecule has 3 rings (SSSR count). The summed E-state index contributed by atoms with van der Waals surface area (Å²) in [6.07, 6.45) is 7.72. The van der Waals surface area contributed by atoms with E-state index >= 15 is 0 Å². The van der Waals surface area contributed by atoms with Crippen LogP contribution in [-0.4, -0.2) is 40.5 Å². The first-order valence-corrected chi connectivity index (χ1v) is 12.6. The largest absolute Gasteiger partial charge is 1.00 e. The Labute approximate surface area is 254 Å². The minimum Gasteiger partial charge on any atom is -0.545 e. The number of unbranched alkanes of at least 4 members (excludes halogenated alkanes) is 1. The molecule has 0 spiro atoms. The van der Waals surface area contributed by atoms with Crippen LogP contribution in [0.25, 0.3) is 0 Å². The number of hydrogen-bond acceptors (Lipinski definition) is 7. The Morgan fingerprint density at radius 2 is 1.84 bits per heavy atom. The summed E-state index contributed by atoms with van der Waals surface area (Å²) in [4.78, 5) is 33.6. The summed E-state index contributed by atoms with van der Waals surface area (Å²) >= 11 is 12.2. The van der Waals surface area contributed by atoms with E-state index in [0.717, 1.165) is 18.4 Å². The Morgan fingerprint density at radius 1 is 1.16 bits per heavy atom. The fraction of sp³-hybridized carbons (Fsp3) is 0.321. The SMILES string of the molecule is CCCC=CC=CC1CC(O)C(O)C(=O)C1C=O.Cc1ccc(Cl)c(Nc2ccccc2C(=O)[O-])c1Cl.[Na+]. The normalized spacial score (nSPS) is 20.9. The number of ketones is 1. The average molecular weight is 570 g/mol. The number of carboxylic acid groups (broad SMARTS) is 1. The molecule has 0 saturated heterocycles. The minimum absolute atomic E-state index is 0. The maximum atomic E-state index is 11.6. The fourth-order valence-electron chi connectivity index (χ4n) is 3.74. The zero-order valence-electron chi connectivity index (χ0n) is 21.6. The Hall–Kier alpha value is -1.97. The molecule has 4 atom stereocenters. The van der Waals surface area contributed by atoms with Gasteiger partial charge in [-0.2, -0.15) is 0 Å². The van der Waals surface area contributed by atoms with Gasteiger partial charge >= 0.3 is 29.6 Å². The first-order chi connectivity index (χ1) is 17.6. The van der Waals surface area contributed by atoms with Crippen molar-refractivity contribution in [2.45, 2.75) is 45.3 Å². The third-order valence-corrected chi connectivity index (χ3v) is 6.66. The van der Waals surface area contributed by atoms with Crippen molar-refractivity contribution in [1.29, 1.82) is 0 Å². The van der Waals surface area contributed by atoms with Crippen molar-refractivity contribution in [2.75, 3.05) is 5.32 Å². The number of nitrogens with one attached hydrogen (secondary N) is 1. The number of halogens is 2. The first-order valence-electron chi connectivity index (χ1n) is 11.8. The summed E-state index contributed by atoms with van der Waals surface area (Å²) in [5.74, 6) is -3.03. The van der Waals surface area contributed by atoms with E-state index in [4.69, 9.17) is 23.2 Å². The van der Waals surface area contributed by atoms with Crippen molar-refractivity contribution in [3.63, 3.8) is 0 Å². The molecule has 0 aliphatic heterocycles. The third kappa shape index (κ3) is 9.35. The van der Waals surface area contributed by atoms with Crippen LogP contribution in [0.1, 0.15) is 42.1 Å². The molecule has 4 unspecified atom stereocenters. The maximum Gasteiger partial charge on any atom is 1.00 e. The number of allylic oxidation sites excluding steroid dienone is 4. The van der Waals surface area contributed by atoms with Gasteiger partial charge in [0.2, 0.25) is 0 Å². The van der Waals surface area contributed by atoms with Crippen LogP contribution in [0, 0.1) is 18.8 Å². The van der Waals surface area contributed by atoms with Crippen molar-refractivity contribution in [3.8, 4) is 0 Å². The number of aliphatic hydroxyl groups is 2. The number of aryl methyl sites for hydroxylation is 1. The predicted octanol–water partition coefficient (Wildman–Crippen LogP) is 1.44. The maximum absolute atomic E-state index is 11.6. The van der Waals surface area contributed by atoms with E-state index in [-0.39, 0.29) is 47.5 Å². The van der Waals surface area contributed by atoms with Crippen LogP contribution in [-0.2, 0) is 9.59 Å². The summed E-state index contributed by atoms with van der Waals surface area (Å²) in [7, 11) is 0. The minimum atomic E-state index is -1.43. The molecule has 0 heterocycles. The van der Waals surface area contributed by atoms with Gasteiger partial charge in [0.05, 0.1) is 33.7 Å². The van der Waals surface area contributed by atoms with Gasteiger partial charge in [-0.25, -0.2) is 0 Å². The molecule has 2 aromatic carbocycles. The number of aliphatic hydroxyl groups excluding tert-OH is 2. The zero-order chi connectivity index (χ0) is 27.5. The van der Waals surface area contributed by atoms with Crippen LogP contribution in [0.2, 0.25) is 10.0 Å². The van der Waals surface area contributed by atoms with E-state index in [0.29, 0.717) is 27.7 Å². The summed E-state index contributed by atoms with van der Waals surface area (Å²) in [6.45, 7) is 3.92. The number of carboxylic acids is 1. The zero-order valence-corrected chi connectivity index (χ0v) is 25.1. The first kappa shape index (κ1) is 34.1. The Balaban J connectivity index is 0.000000371. The second-order valence-corrected chi connectivity index (χ2v) is 9.37. The smallest absolute Gasteiger partial charge is 0.545 e. The molecule has 10 heteroatoms. The number of para-hydroxylation sites is 1. The van der Waals surface area contributed by atoms with E-state index in [1.165, 1.54) is 6.07 Å². The van der Waals surface area contributed by atoms with Gasteiger partial charge in [0.1, 0.15) is 12.4 Å². The molecule has 2 aromatic rings. The number of aldehydes is 1. The number of anilines is 2. The van der Waals surface area contributed by atoms with Crippen molar-refractivity contribution >= 4 is 52.6 Å². The molecule has 0 bridgehead atoms. The van der Waals surface area contributed by atoms with Gasteiger partial charge in [0, 0.05) is 11.3 Å². The summed E-state index contributed by atoms with van der Waals surface area (Å²) < 4.78 is 0. The Kier molecular flexibility index (Phi) is 15.1. The molecule has 1 aliphatic carbocycles. The molecule has 0 radical (unpaired) electrons. The van der Waals surface area contributed by atoms with E-state index in [1.54, 1.807) is 42.5 Å². The molecule has 7 nitrogen and oxygen atoms in total. The summed E-state index contributed by atoms with van der Waals surface area (Å²) in [5.41, 5.74) is 1.77. The molecule has 0 amide bonds. The van der Waals surface area contributed by atoms with Crippen LogP contribution < -0.4 is 40.0 Å². The van der Waals surface area contributed by atoms with Crippen molar-refractivity contribution in [1.82, 2.24) is 0 Å². The number of Topliss-reactive ketones (excluding diaryl/α,β-unsaturated/α-hetero) is 1. The van der Waals surface area contributed by atoms with Gasteiger partial charge in [0.25, 0.3) is 0 Å². The van der Waals surface area contributed by atoms with Gasteiger partial charge in [-0.05, 0) is 43.4 Å². The number of benzene rings is 2. The topological polar surface area (TPSA) is 127 Å². The van der Waals surface area contributed by atoms with Gasteiger partial charge in [-0.3, -0.25) is 4.79 Å². The molecule has 3 N–H and O–H groups in total. The second-order valence-electron chi connectivity index (χ2n) is 8.59. The molecular weight excluding hydrogens is 540 g/mol. The number of aromatic carboxylic acids is 1. The quantitative estimate of drug-likeness (QED) is 0.190. The van der Waals surface area contributed by atoms with Crippen LogP contribution in [0.4, 0.5) is 11.4 Å². The van der Waals surface area contributed by atoms with E-state index in [2.05, 4.69) is 12.2 Å². The standard InChI is InChI=1S/C14H11Cl2NO2.C14H20O4.Na/c1-8-6-7-10(15)13(12(8)16)17-11-5-3-2-4-9(11)14(18)19;1-2-3-4-5-6-7-10-8-12(16)14(18)13(17)11(10)9-15;/h2-7,17H,1H3,(H,18,19);4-7,9-12,14,16,18H,2-3,8H2,1H3;/q;;+1/p-1. The van der Waals surface area contributed by atoms with Gasteiger partial charge < -0.3 is 30.2 Å². The van der Waals surface area contributed by atoms with Crippen molar-refractivity contribution in [2.24, 2.45) is 11.8 Å². The van der Waals surface area contributed by atoms with Crippen LogP contribution in [0.3, 0.4) is 0 Å². The predicted molar refractivity (Wildman–Crippen MR) is 143 cm³/mol. The van der Waals surface area contributed by atoms with E-state index in [1.807, 2.05) is 19.1 Å². The molecule has 1 aliphatic rings. The summed E-state index contributed by atoms with van der Waals surface area (Å²) in [5, 5.41) is 33.8. The summed E-state index contributed by atoms with van der Waals surface area (Å²) in [6, 6.07) is 9.91. The van der Waals surface area contributed by atoms with Gasteiger partial charge in [0.15, 0.2) is 5.78 Å². The number of carbonyl (C=O) groups excluding carboxylic acids is 3. The molecular formula is C28H30Cl2NNaO6. The van der Waals surface area contributed by atoms with Gasteiger partial charge in [-0.1, -0.05) is 85.1 Å². The van der Waals surface area contributed by atoms with Crippen molar-refractivity contribution < 1.29 is 59.3 Å². The molecule has 1 saturated carbocycles. The molecule has 1 fully saturated rings. The Morgan fingerprint density at radius 3 is 2.47 bits per heavy atom. The number of carbonyl (C=O) groups is 3. The molecule has 0 aromatic heterocycles.